The molecule has 2 atom stereocenters. The zero-order chi connectivity index (χ0) is 17.6. The van der Waals surface area contributed by atoms with Crippen molar-refractivity contribution in [2.45, 2.75) is 115 Å². The van der Waals surface area contributed by atoms with Crippen LogP contribution in [0.3, 0.4) is 0 Å². The molecule has 0 aliphatic carbocycles. The third-order valence-corrected chi connectivity index (χ3v) is 5.79. The molecule has 0 aromatic heterocycles. The molecule has 0 aromatic rings. The van der Waals surface area contributed by atoms with Crippen molar-refractivity contribution in [3.8, 4) is 0 Å². The number of rotatable bonds is 16. The van der Waals surface area contributed by atoms with Crippen LogP contribution < -0.4 is 29.6 Å². The molecule has 0 aromatic carbocycles. The van der Waals surface area contributed by atoms with Crippen LogP contribution in [-0.4, -0.2) is 29.4 Å². The molecule has 0 fully saturated rings. The largest absolute Gasteiger partial charge is 1.00 e. The Morgan fingerprint density at radius 2 is 1.21 bits per heavy atom. The Bertz CT molecular complexity index is 360. The summed E-state index contributed by atoms with van der Waals surface area (Å²) in [5.41, 5.74) is 0. The molecule has 140 valence electrons. The van der Waals surface area contributed by atoms with Gasteiger partial charge in [0.15, 0.2) is 0 Å². The van der Waals surface area contributed by atoms with Gasteiger partial charge in [-0.15, -0.1) is 0 Å². The number of aliphatic hydroxyl groups excluding tert-OH is 1. The van der Waals surface area contributed by atoms with E-state index in [0.29, 0.717) is 25.7 Å². The smallest absolute Gasteiger partial charge is 0.748 e. The van der Waals surface area contributed by atoms with Gasteiger partial charge in [0.2, 0.25) is 0 Å². The standard InChI is InChI=1S/C18H38O4S.Na/c1-3-5-7-9-10-12-14-18(23(20,21)22)16-15-17(19)13-11-8-6-4-2;/h17-19H,3-16H2,1-2H3,(H,20,21,22);/q;+1/p-1. The van der Waals surface area contributed by atoms with Crippen LogP contribution in [0.15, 0.2) is 0 Å². The van der Waals surface area contributed by atoms with Crippen LogP contribution in [0.25, 0.3) is 0 Å². The van der Waals surface area contributed by atoms with Gasteiger partial charge in [-0.1, -0.05) is 78.1 Å². The van der Waals surface area contributed by atoms with Crippen LogP contribution in [0.2, 0.25) is 0 Å². The fourth-order valence-corrected chi connectivity index (χ4v) is 3.79. The fraction of sp³-hybridized carbons (Fsp3) is 1.00. The maximum atomic E-state index is 11.4. The summed E-state index contributed by atoms with van der Waals surface area (Å²) >= 11 is 0. The summed E-state index contributed by atoms with van der Waals surface area (Å²) in [6.45, 7) is 4.30. The van der Waals surface area contributed by atoms with Gasteiger partial charge in [-0.3, -0.25) is 0 Å². The van der Waals surface area contributed by atoms with E-state index in [1.54, 1.807) is 0 Å². The van der Waals surface area contributed by atoms with Crippen molar-refractivity contribution in [1.82, 2.24) is 0 Å². The third-order valence-electron chi connectivity index (χ3n) is 4.50. The van der Waals surface area contributed by atoms with Crippen LogP contribution in [-0.2, 0) is 10.1 Å². The minimum Gasteiger partial charge on any atom is -0.748 e. The van der Waals surface area contributed by atoms with Crippen LogP contribution in [0, 0.1) is 0 Å². The minimum absolute atomic E-state index is 0. The summed E-state index contributed by atoms with van der Waals surface area (Å²) in [6.07, 6.45) is 12.3. The Hall–Kier alpha value is 0.870. The first-order valence-corrected chi connectivity index (χ1v) is 11.0. The van der Waals surface area contributed by atoms with Gasteiger partial charge in [-0.2, -0.15) is 0 Å². The van der Waals surface area contributed by atoms with Crippen molar-refractivity contribution in [2.75, 3.05) is 0 Å². The second-order valence-electron chi connectivity index (χ2n) is 6.75. The predicted octanol–water partition coefficient (Wildman–Crippen LogP) is 1.77. The quantitative estimate of drug-likeness (QED) is 0.254. The van der Waals surface area contributed by atoms with E-state index < -0.39 is 21.5 Å². The second-order valence-corrected chi connectivity index (χ2v) is 8.40. The maximum absolute atomic E-state index is 11.4. The first kappa shape index (κ1) is 27.1. The molecule has 4 nitrogen and oxygen atoms in total. The summed E-state index contributed by atoms with van der Waals surface area (Å²) in [6, 6.07) is 0. The van der Waals surface area contributed by atoms with E-state index >= 15 is 0 Å². The van der Waals surface area contributed by atoms with Gasteiger partial charge in [0.1, 0.15) is 0 Å². The predicted molar refractivity (Wildman–Crippen MR) is 95.5 cm³/mol. The number of aliphatic hydroxyl groups is 1. The Labute approximate surface area is 172 Å². The van der Waals surface area contributed by atoms with Crippen molar-refractivity contribution in [2.24, 2.45) is 0 Å². The van der Waals surface area contributed by atoms with Crippen molar-refractivity contribution >= 4 is 10.1 Å². The minimum atomic E-state index is -4.25. The van der Waals surface area contributed by atoms with Crippen molar-refractivity contribution in [3.63, 3.8) is 0 Å². The molecule has 0 heterocycles. The monoisotopic (exact) mass is 372 g/mol. The Kier molecular flexibility index (Phi) is 19.5. The van der Waals surface area contributed by atoms with E-state index in [1.807, 2.05) is 0 Å². The molecule has 0 bridgehead atoms. The summed E-state index contributed by atoms with van der Waals surface area (Å²) in [7, 11) is -4.25. The van der Waals surface area contributed by atoms with E-state index in [2.05, 4.69) is 13.8 Å². The summed E-state index contributed by atoms with van der Waals surface area (Å²) < 4.78 is 34.1. The average molecular weight is 373 g/mol. The van der Waals surface area contributed by atoms with E-state index in [9.17, 15) is 18.1 Å². The van der Waals surface area contributed by atoms with Crippen molar-refractivity contribution in [1.29, 1.82) is 0 Å². The molecule has 24 heavy (non-hydrogen) atoms. The summed E-state index contributed by atoms with van der Waals surface area (Å²) in [4.78, 5) is 0. The van der Waals surface area contributed by atoms with E-state index in [0.717, 1.165) is 38.5 Å². The molecule has 0 aliphatic heterocycles. The van der Waals surface area contributed by atoms with Crippen LogP contribution in [0.1, 0.15) is 104 Å². The average Bonchev–Trinajstić information content (AvgIpc) is 2.48. The zero-order valence-electron chi connectivity index (χ0n) is 16.1. The zero-order valence-corrected chi connectivity index (χ0v) is 19.0. The number of hydrogen-bond donors (Lipinski definition) is 1. The first-order valence-electron chi connectivity index (χ1n) is 9.54. The normalized spacial score (nSPS) is 14.2. The summed E-state index contributed by atoms with van der Waals surface area (Å²) in [5, 5.41) is 9.11. The third kappa shape index (κ3) is 16.3. The molecule has 2 unspecified atom stereocenters. The van der Waals surface area contributed by atoms with Gasteiger partial charge in [-0.25, -0.2) is 8.42 Å². The first-order chi connectivity index (χ1) is 10.9. The van der Waals surface area contributed by atoms with Crippen LogP contribution >= 0.6 is 0 Å². The molecular formula is C18H37NaO4S. The molecule has 0 aliphatic rings. The van der Waals surface area contributed by atoms with E-state index in [1.165, 1.54) is 25.7 Å². The molecule has 0 saturated heterocycles. The summed E-state index contributed by atoms with van der Waals surface area (Å²) in [5.74, 6) is 0. The fourth-order valence-electron chi connectivity index (χ4n) is 2.91. The molecule has 0 saturated carbocycles. The van der Waals surface area contributed by atoms with Gasteiger partial charge < -0.3 is 9.66 Å². The molecule has 0 amide bonds. The van der Waals surface area contributed by atoms with Crippen LogP contribution in [0.4, 0.5) is 0 Å². The molecule has 0 spiro atoms. The van der Waals surface area contributed by atoms with E-state index in [-0.39, 0.29) is 29.6 Å². The van der Waals surface area contributed by atoms with Gasteiger partial charge in [0.05, 0.1) is 16.2 Å². The molecule has 0 rings (SSSR count). The number of hydrogen-bond acceptors (Lipinski definition) is 4. The topological polar surface area (TPSA) is 77.4 Å². The molecule has 6 heteroatoms. The Balaban J connectivity index is 0. The molecule has 1 N–H and O–H groups in total. The number of unbranched alkanes of at least 4 members (excludes halogenated alkanes) is 8. The molecule has 0 radical (unpaired) electrons. The van der Waals surface area contributed by atoms with Gasteiger partial charge >= 0.3 is 29.6 Å². The Morgan fingerprint density at radius 3 is 1.75 bits per heavy atom. The van der Waals surface area contributed by atoms with E-state index in [4.69, 9.17) is 0 Å². The Morgan fingerprint density at radius 1 is 0.750 bits per heavy atom. The molecular weight excluding hydrogens is 335 g/mol. The van der Waals surface area contributed by atoms with Crippen LogP contribution in [0.5, 0.6) is 0 Å². The second kappa shape index (κ2) is 17.3. The SMILES string of the molecule is CCCCCCCCC(CCC(O)CCCCCC)S(=O)(=O)[O-].[Na+]. The van der Waals surface area contributed by atoms with Gasteiger partial charge in [-0.05, 0) is 25.7 Å². The maximum Gasteiger partial charge on any atom is 1.00 e. The van der Waals surface area contributed by atoms with Crippen molar-refractivity contribution in [3.05, 3.63) is 0 Å². The van der Waals surface area contributed by atoms with Gasteiger partial charge in [0.25, 0.3) is 0 Å². The van der Waals surface area contributed by atoms with Gasteiger partial charge in [0, 0.05) is 5.25 Å². The van der Waals surface area contributed by atoms with Crippen molar-refractivity contribution < 1.29 is 47.6 Å².